The molecule has 0 saturated heterocycles. The van der Waals surface area contributed by atoms with E-state index < -0.39 is 0 Å². The molecule has 0 aromatic heterocycles. The molecular weight excluding hydrogens is 197 g/mol. The molecule has 0 amide bonds. The van der Waals surface area contributed by atoms with E-state index >= 15 is 0 Å². The number of nitrogens with zero attached hydrogens (tertiary/aromatic N) is 3. The largest absolute Gasteiger partial charge is 0.376 e. The maximum atomic E-state index is 13.0. The molecule has 0 fully saturated rings. The number of aliphatic hydroxyl groups excluding tert-OH is 1. The highest BCUT2D eigenvalue weighted by Crippen LogP contribution is 2.20. The summed E-state index contributed by atoms with van der Waals surface area (Å²) >= 11 is 0. The minimum absolute atomic E-state index is 0.0693. The molecule has 0 saturated carbocycles. The number of aryl methyl sites for hydroxylation is 1. The van der Waals surface area contributed by atoms with Gasteiger partial charge in [0.15, 0.2) is 0 Å². The Morgan fingerprint density at radius 1 is 1.53 bits per heavy atom. The fourth-order valence-electron chi connectivity index (χ4n) is 1.40. The number of hydrogen-bond acceptors (Lipinski definition) is 4. The van der Waals surface area contributed by atoms with Crippen LogP contribution in [0.5, 0.6) is 0 Å². The molecule has 0 bridgehead atoms. The van der Waals surface area contributed by atoms with Crippen LogP contribution in [0.3, 0.4) is 0 Å². The minimum atomic E-state index is -0.221. The first-order valence-corrected chi connectivity index (χ1v) is 4.63. The van der Waals surface area contributed by atoms with Gasteiger partial charge in [0.1, 0.15) is 25.6 Å². The summed E-state index contributed by atoms with van der Waals surface area (Å²) in [5, 5.41) is 14.7. The maximum absolute atomic E-state index is 13.0. The van der Waals surface area contributed by atoms with Gasteiger partial charge in [-0.1, -0.05) is 0 Å². The van der Waals surface area contributed by atoms with E-state index in [4.69, 9.17) is 5.11 Å². The summed E-state index contributed by atoms with van der Waals surface area (Å²) in [5.41, 5.74) is 1.41. The van der Waals surface area contributed by atoms with Gasteiger partial charge in [-0.15, -0.1) is 0 Å². The summed E-state index contributed by atoms with van der Waals surface area (Å²) in [5.74, 6) is -0.221. The maximum Gasteiger partial charge on any atom is 0.126 e. The summed E-state index contributed by atoms with van der Waals surface area (Å²) in [6.45, 7) is 2.13. The molecule has 0 atom stereocenters. The third kappa shape index (κ3) is 1.92. The molecule has 0 spiro atoms. The number of halogens is 1. The zero-order valence-electron chi connectivity index (χ0n) is 8.39. The lowest BCUT2D eigenvalue weighted by Gasteiger charge is -2.17. The van der Waals surface area contributed by atoms with Crippen molar-refractivity contribution in [1.82, 2.24) is 4.90 Å². The minimum Gasteiger partial charge on any atom is -0.376 e. The second kappa shape index (κ2) is 3.86. The smallest absolute Gasteiger partial charge is 0.126 e. The fourth-order valence-corrected chi connectivity index (χ4v) is 1.40. The standard InChI is InChI=1S/C10H12FN3O/c1-8-4-9(2-3-10(8)11)14-6-13(7-15)5-12-14/h2-5,15H,6-7H2,1H3. The van der Waals surface area contributed by atoms with Crippen molar-refractivity contribution in [2.24, 2.45) is 5.10 Å². The molecule has 0 radical (unpaired) electrons. The summed E-state index contributed by atoms with van der Waals surface area (Å²) in [6.07, 6.45) is 1.55. The predicted octanol–water partition coefficient (Wildman–Crippen LogP) is 1.11. The number of aliphatic hydroxyl groups is 1. The lowest BCUT2D eigenvalue weighted by molar-refractivity contribution is 0.181. The molecule has 1 heterocycles. The third-order valence-electron chi connectivity index (χ3n) is 2.29. The van der Waals surface area contributed by atoms with Gasteiger partial charge in [0.2, 0.25) is 0 Å². The van der Waals surface area contributed by atoms with Gasteiger partial charge in [-0.3, -0.25) is 0 Å². The van der Waals surface area contributed by atoms with Crippen LogP contribution in [0.2, 0.25) is 0 Å². The Morgan fingerprint density at radius 2 is 2.33 bits per heavy atom. The van der Waals surface area contributed by atoms with E-state index in [0.717, 1.165) is 5.69 Å². The molecule has 0 unspecified atom stereocenters. The molecule has 1 aromatic carbocycles. The second-order valence-corrected chi connectivity index (χ2v) is 3.44. The van der Waals surface area contributed by atoms with E-state index in [2.05, 4.69) is 5.10 Å². The Labute approximate surface area is 87.2 Å². The van der Waals surface area contributed by atoms with Gasteiger partial charge in [0, 0.05) is 0 Å². The van der Waals surface area contributed by atoms with Gasteiger partial charge in [-0.2, -0.15) is 5.10 Å². The lowest BCUT2D eigenvalue weighted by Crippen LogP contribution is -2.27. The van der Waals surface area contributed by atoms with Crippen LogP contribution in [0.15, 0.2) is 23.3 Å². The van der Waals surface area contributed by atoms with Crippen LogP contribution in [0, 0.1) is 12.7 Å². The van der Waals surface area contributed by atoms with E-state index in [1.165, 1.54) is 6.07 Å². The van der Waals surface area contributed by atoms with Crippen LogP contribution >= 0.6 is 0 Å². The molecule has 15 heavy (non-hydrogen) atoms. The first-order chi connectivity index (χ1) is 7.20. The monoisotopic (exact) mass is 209 g/mol. The molecule has 1 aliphatic heterocycles. The lowest BCUT2D eigenvalue weighted by atomic mass is 10.2. The highest BCUT2D eigenvalue weighted by molar-refractivity contribution is 5.63. The fraction of sp³-hybridized carbons (Fsp3) is 0.300. The summed E-state index contributed by atoms with van der Waals surface area (Å²) in [7, 11) is 0. The van der Waals surface area contributed by atoms with Gasteiger partial charge >= 0.3 is 0 Å². The quantitative estimate of drug-likeness (QED) is 0.793. The van der Waals surface area contributed by atoms with E-state index in [-0.39, 0.29) is 12.5 Å². The SMILES string of the molecule is Cc1cc(N2CN(CO)C=N2)ccc1F. The van der Waals surface area contributed by atoms with Gasteiger partial charge in [-0.05, 0) is 30.7 Å². The average molecular weight is 209 g/mol. The zero-order chi connectivity index (χ0) is 10.8. The first-order valence-electron chi connectivity index (χ1n) is 4.63. The van der Waals surface area contributed by atoms with Crippen LogP contribution in [-0.4, -0.2) is 29.7 Å². The van der Waals surface area contributed by atoms with Gasteiger partial charge in [0.05, 0.1) is 5.69 Å². The Morgan fingerprint density at radius 3 is 2.93 bits per heavy atom. The molecule has 5 heteroatoms. The number of hydrazone groups is 1. The topological polar surface area (TPSA) is 39.1 Å². The van der Waals surface area contributed by atoms with Crippen molar-refractivity contribution in [3.63, 3.8) is 0 Å². The van der Waals surface area contributed by atoms with E-state index in [9.17, 15) is 4.39 Å². The molecule has 1 aromatic rings. The normalized spacial score (nSPS) is 15.1. The summed E-state index contributed by atoms with van der Waals surface area (Å²) in [6, 6.07) is 4.82. The van der Waals surface area contributed by atoms with Gasteiger partial charge in [-0.25, -0.2) is 9.40 Å². The van der Waals surface area contributed by atoms with E-state index in [1.807, 2.05) is 0 Å². The van der Waals surface area contributed by atoms with Crippen molar-refractivity contribution in [1.29, 1.82) is 0 Å². The van der Waals surface area contributed by atoms with E-state index in [0.29, 0.717) is 12.2 Å². The molecule has 1 aliphatic rings. The van der Waals surface area contributed by atoms with Crippen molar-refractivity contribution >= 4 is 12.0 Å². The number of benzene rings is 1. The highest BCUT2D eigenvalue weighted by atomic mass is 19.1. The Bertz CT molecular complexity index is 394. The molecule has 2 rings (SSSR count). The van der Waals surface area contributed by atoms with Crippen molar-refractivity contribution in [3.8, 4) is 0 Å². The average Bonchev–Trinajstić information content (AvgIpc) is 2.70. The third-order valence-corrected chi connectivity index (χ3v) is 2.29. The van der Waals surface area contributed by atoms with Crippen molar-refractivity contribution in [3.05, 3.63) is 29.6 Å². The zero-order valence-corrected chi connectivity index (χ0v) is 8.39. The summed E-state index contributed by atoms with van der Waals surface area (Å²) in [4.78, 5) is 1.64. The van der Waals surface area contributed by atoms with Crippen molar-refractivity contribution in [2.45, 2.75) is 6.92 Å². The molecule has 1 N–H and O–H groups in total. The Hall–Kier alpha value is -1.62. The van der Waals surface area contributed by atoms with Gasteiger partial charge < -0.3 is 10.0 Å². The van der Waals surface area contributed by atoms with E-state index in [1.54, 1.807) is 35.3 Å². The Kier molecular flexibility index (Phi) is 2.55. The Balaban J connectivity index is 2.18. The second-order valence-electron chi connectivity index (χ2n) is 3.44. The molecule has 0 aliphatic carbocycles. The highest BCUT2D eigenvalue weighted by Gasteiger charge is 2.14. The van der Waals surface area contributed by atoms with Gasteiger partial charge in [0.25, 0.3) is 0 Å². The van der Waals surface area contributed by atoms with Crippen LogP contribution in [-0.2, 0) is 0 Å². The van der Waals surface area contributed by atoms with Crippen LogP contribution in [0.1, 0.15) is 5.56 Å². The van der Waals surface area contributed by atoms with Crippen LogP contribution < -0.4 is 5.01 Å². The molecular formula is C10H12FN3O. The van der Waals surface area contributed by atoms with Crippen molar-refractivity contribution < 1.29 is 9.50 Å². The van der Waals surface area contributed by atoms with Crippen LogP contribution in [0.4, 0.5) is 10.1 Å². The predicted molar refractivity (Wildman–Crippen MR) is 55.9 cm³/mol. The van der Waals surface area contributed by atoms with Crippen LogP contribution in [0.25, 0.3) is 0 Å². The number of rotatable bonds is 2. The molecule has 4 nitrogen and oxygen atoms in total. The summed E-state index contributed by atoms with van der Waals surface area (Å²) < 4.78 is 13.0. The number of hydrogen-bond donors (Lipinski definition) is 1. The molecule has 80 valence electrons. The first kappa shape index (κ1) is 9.92. The number of anilines is 1. The van der Waals surface area contributed by atoms with Crippen molar-refractivity contribution in [2.75, 3.05) is 18.4 Å².